The predicted octanol–water partition coefficient (Wildman–Crippen LogP) is 2.59. The molecule has 0 bridgehead atoms. The van der Waals surface area contributed by atoms with Crippen molar-refractivity contribution in [1.29, 1.82) is 0 Å². The van der Waals surface area contributed by atoms with Crippen LogP contribution in [0.15, 0.2) is 24.5 Å². The summed E-state index contributed by atoms with van der Waals surface area (Å²) in [6.07, 6.45) is 4.41. The number of fused-ring (bicyclic) bond motifs is 1. The van der Waals surface area contributed by atoms with Gasteiger partial charge in [-0.3, -0.25) is 0 Å². The zero-order valence-corrected chi connectivity index (χ0v) is 7.78. The maximum atomic E-state index is 13.0. The molecule has 1 heterocycles. The quantitative estimate of drug-likeness (QED) is 0.711. The first kappa shape index (κ1) is 7.97. The van der Waals surface area contributed by atoms with E-state index in [4.69, 9.17) is 0 Å². The van der Waals surface area contributed by atoms with Crippen LogP contribution >= 0.6 is 0 Å². The third-order valence-electron chi connectivity index (χ3n) is 2.73. The molecule has 1 aliphatic rings. The van der Waals surface area contributed by atoms with Crippen LogP contribution in [-0.4, -0.2) is 9.55 Å². The molecule has 2 aromatic rings. The molecule has 0 radical (unpaired) electrons. The molecule has 0 amide bonds. The Balaban J connectivity index is 2.08. The molecule has 0 spiro atoms. The average molecular weight is 190 g/mol. The zero-order valence-electron chi connectivity index (χ0n) is 7.78. The number of nitrogens with zero attached hydrogens (tertiary/aromatic N) is 2. The van der Waals surface area contributed by atoms with Gasteiger partial charge in [0.25, 0.3) is 0 Å². The molecule has 0 atom stereocenters. The van der Waals surface area contributed by atoms with Crippen LogP contribution in [0.3, 0.4) is 0 Å². The van der Waals surface area contributed by atoms with Crippen molar-refractivity contribution in [2.45, 2.75) is 19.4 Å². The van der Waals surface area contributed by atoms with Crippen LogP contribution in [0, 0.1) is 11.7 Å². The Morgan fingerprint density at radius 3 is 3.07 bits per heavy atom. The zero-order chi connectivity index (χ0) is 9.54. The highest BCUT2D eigenvalue weighted by molar-refractivity contribution is 5.75. The van der Waals surface area contributed by atoms with Crippen LogP contribution in [0.1, 0.15) is 12.8 Å². The summed E-state index contributed by atoms with van der Waals surface area (Å²) in [5.74, 6) is 0.603. The van der Waals surface area contributed by atoms with Gasteiger partial charge in [-0.05, 0) is 37.0 Å². The number of aromatic nitrogens is 2. The summed E-state index contributed by atoms with van der Waals surface area (Å²) in [5, 5.41) is 0. The summed E-state index contributed by atoms with van der Waals surface area (Å²) in [5.41, 5.74) is 1.80. The number of imidazole rings is 1. The second kappa shape index (κ2) is 2.80. The number of halogens is 1. The van der Waals surface area contributed by atoms with E-state index in [0.29, 0.717) is 0 Å². The molecule has 0 saturated heterocycles. The highest BCUT2D eigenvalue weighted by Crippen LogP contribution is 2.31. The summed E-state index contributed by atoms with van der Waals surface area (Å²) >= 11 is 0. The fourth-order valence-electron chi connectivity index (χ4n) is 1.75. The Morgan fingerprint density at radius 2 is 2.29 bits per heavy atom. The number of benzene rings is 1. The van der Waals surface area contributed by atoms with Gasteiger partial charge in [0.15, 0.2) is 0 Å². The first-order valence-corrected chi connectivity index (χ1v) is 4.93. The van der Waals surface area contributed by atoms with Crippen LogP contribution in [-0.2, 0) is 6.54 Å². The van der Waals surface area contributed by atoms with E-state index >= 15 is 0 Å². The molecule has 2 nitrogen and oxygen atoms in total. The summed E-state index contributed by atoms with van der Waals surface area (Å²) < 4.78 is 15.1. The first-order valence-electron chi connectivity index (χ1n) is 4.93. The van der Waals surface area contributed by atoms with Crippen LogP contribution < -0.4 is 0 Å². The number of hydrogen-bond donors (Lipinski definition) is 0. The Hall–Kier alpha value is -1.38. The minimum absolute atomic E-state index is 0.185. The smallest absolute Gasteiger partial charge is 0.125 e. The van der Waals surface area contributed by atoms with Gasteiger partial charge in [-0.15, -0.1) is 0 Å². The van der Waals surface area contributed by atoms with E-state index in [1.165, 1.54) is 18.9 Å². The Morgan fingerprint density at radius 1 is 1.43 bits per heavy atom. The lowest BCUT2D eigenvalue weighted by Crippen LogP contribution is -1.97. The van der Waals surface area contributed by atoms with Crippen molar-refractivity contribution in [2.24, 2.45) is 5.92 Å². The van der Waals surface area contributed by atoms with Crippen molar-refractivity contribution in [1.82, 2.24) is 9.55 Å². The summed E-state index contributed by atoms with van der Waals surface area (Å²) in [7, 11) is 0. The van der Waals surface area contributed by atoms with Gasteiger partial charge in [-0.25, -0.2) is 9.37 Å². The predicted molar refractivity (Wildman–Crippen MR) is 52.4 cm³/mol. The van der Waals surface area contributed by atoms with Crippen molar-refractivity contribution < 1.29 is 4.39 Å². The van der Waals surface area contributed by atoms with Crippen molar-refractivity contribution >= 4 is 11.0 Å². The van der Waals surface area contributed by atoms with Gasteiger partial charge in [0.05, 0.1) is 17.4 Å². The first-order chi connectivity index (χ1) is 6.83. The number of hydrogen-bond acceptors (Lipinski definition) is 1. The lowest BCUT2D eigenvalue weighted by molar-refractivity contribution is 0.621. The summed E-state index contributed by atoms with van der Waals surface area (Å²) in [6.45, 7) is 0.986. The molecule has 1 saturated carbocycles. The number of rotatable bonds is 2. The molecular formula is C11H11FN2. The fraction of sp³-hybridized carbons (Fsp3) is 0.364. The van der Waals surface area contributed by atoms with Gasteiger partial charge in [-0.1, -0.05) is 0 Å². The molecule has 0 aliphatic heterocycles. The van der Waals surface area contributed by atoms with Crippen LogP contribution in [0.5, 0.6) is 0 Å². The Kier molecular flexibility index (Phi) is 1.60. The third kappa shape index (κ3) is 1.29. The monoisotopic (exact) mass is 190 g/mol. The van der Waals surface area contributed by atoms with Gasteiger partial charge in [0.2, 0.25) is 0 Å². The molecule has 3 heteroatoms. The van der Waals surface area contributed by atoms with Gasteiger partial charge in [0.1, 0.15) is 5.82 Å². The fourth-order valence-corrected chi connectivity index (χ4v) is 1.75. The Labute approximate surface area is 81.4 Å². The summed E-state index contributed by atoms with van der Waals surface area (Å²) in [6, 6.07) is 4.75. The van der Waals surface area contributed by atoms with E-state index in [1.54, 1.807) is 12.1 Å². The third-order valence-corrected chi connectivity index (χ3v) is 2.73. The second-order valence-corrected chi connectivity index (χ2v) is 3.97. The van der Waals surface area contributed by atoms with E-state index in [9.17, 15) is 4.39 Å². The largest absolute Gasteiger partial charge is 0.330 e. The van der Waals surface area contributed by atoms with E-state index in [1.807, 2.05) is 6.33 Å². The average Bonchev–Trinajstić information content (AvgIpc) is 2.90. The molecule has 1 fully saturated rings. The van der Waals surface area contributed by atoms with E-state index in [-0.39, 0.29) is 5.82 Å². The van der Waals surface area contributed by atoms with Crippen LogP contribution in [0.4, 0.5) is 4.39 Å². The normalized spacial score (nSPS) is 16.4. The minimum Gasteiger partial charge on any atom is -0.330 e. The Bertz CT molecular complexity index is 471. The second-order valence-electron chi connectivity index (χ2n) is 3.97. The van der Waals surface area contributed by atoms with E-state index in [0.717, 1.165) is 23.5 Å². The molecule has 1 aliphatic carbocycles. The van der Waals surface area contributed by atoms with E-state index < -0.39 is 0 Å². The van der Waals surface area contributed by atoms with Gasteiger partial charge in [0, 0.05) is 6.54 Å². The van der Waals surface area contributed by atoms with Crippen LogP contribution in [0.25, 0.3) is 11.0 Å². The van der Waals surface area contributed by atoms with Gasteiger partial charge < -0.3 is 4.57 Å². The standard InChI is InChI=1S/C11H11FN2/c12-9-3-4-10-11(5-9)14(7-13-10)6-8-1-2-8/h3-5,7-8H,1-2,6H2. The molecule has 14 heavy (non-hydrogen) atoms. The van der Waals surface area contributed by atoms with Gasteiger partial charge in [-0.2, -0.15) is 0 Å². The topological polar surface area (TPSA) is 17.8 Å². The minimum atomic E-state index is -0.185. The highest BCUT2D eigenvalue weighted by atomic mass is 19.1. The van der Waals surface area contributed by atoms with Crippen LogP contribution in [0.2, 0.25) is 0 Å². The molecule has 72 valence electrons. The SMILES string of the molecule is Fc1ccc2ncn(CC3CC3)c2c1. The molecular weight excluding hydrogens is 179 g/mol. The highest BCUT2D eigenvalue weighted by Gasteiger charge is 2.22. The lowest BCUT2D eigenvalue weighted by Gasteiger charge is -2.01. The molecule has 1 aromatic heterocycles. The van der Waals surface area contributed by atoms with Crippen molar-refractivity contribution in [3.63, 3.8) is 0 Å². The molecule has 0 unspecified atom stereocenters. The molecule has 3 rings (SSSR count). The van der Waals surface area contributed by atoms with Gasteiger partial charge >= 0.3 is 0 Å². The lowest BCUT2D eigenvalue weighted by atomic mass is 10.3. The van der Waals surface area contributed by atoms with Crippen molar-refractivity contribution in [2.75, 3.05) is 0 Å². The van der Waals surface area contributed by atoms with Crippen molar-refractivity contribution in [3.8, 4) is 0 Å². The molecule has 1 aromatic carbocycles. The maximum absolute atomic E-state index is 13.0. The van der Waals surface area contributed by atoms with Crippen molar-refractivity contribution in [3.05, 3.63) is 30.3 Å². The van der Waals surface area contributed by atoms with E-state index in [2.05, 4.69) is 9.55 Å². The summed E-state index contributed by atoms with van der Waals surface area (Å²) in [4.78, 5) is 4.24. The molecule has 0 N–H and O–H groups in total. The maximum Gasteiger partial charge on any atom is 0.125 e.